The number of ether oxygens (including phenoxy) is 6. The maximum Gasteiger partial charge on any atom is 0.335 e. The molecule has 3 heterocycles. The van der Waals surface area contributed by atoms with E-state index in [0.29, 0.717) is 28.6 Å². The zero-order valence-corrected chi connectivity index (χ0v) is 26.0. The zero-order chi connectivity index (χ0) is 33.0. The Balaban J connectivity index is 1.34. The zero-order valence-electron chi connectivity index (χ0n) is 26.0. The number of carbonyl (C=O) groups is 1. The summed E-state index contributed by atoms with van der Waals surface area (Å²) >= 11 is 0. The Hall–Kier alpha value is -4.07. The van der Waals surface area contributed by atoms with E-state index in [1.807, 2.05) is 36.4 Å². The Morgan fingerprint density at radius 2 is 1.70 bits per heavy atom. The van der Waals surface area contributed by atoms with E-state index >= 15 is 0 Å². The summed E-state index contributed by atoms with van der Waals surface area (Å²) in [4.78, 5) is 11.7. The molecule has 2 fully saturated rings. The topological polar surface area (TPSA) is 174 Å². The maximum atomic E-state index is 11.7. The Morgan fingerprint density at radius 3 is 2.36 bits per heavy atom. The molecule has 0 spiro atoms. The van der Waals surface area contributed by atoms with Crippen molar-refractivity contribution in [2.45, 2.75) is 73.8 Å². The molecule has 1 aliphatic carbocycles. The molecule has 47 heavy (non-hydrogen) atoms. The summed E-state index contributed by atoms with van der Waals surface area (Å²) in [6.45, 7) is 0.226. The number of hydrogen-bond acceptors (Lipinski definition) is 11. The summed E-state index contributed by atoms with van der Waals surface area (Å²) in [6, 6.07) is 14.8. The Kier molecular flexibility index (Phi) is 8.17. The fourth-order valence-corrected chi connectivity index (χ4v) is 7.66. The molecule has 4 aliphatic rings. The van der Waals surface area contributed by atoms with Crippen LogP contribution in [0.5, 0.6) is 28.7 Å². The van der Waals surface area contributed by atoms with Crippen molar-refractivity contribution in [1.82, 2.24) is 0 Å². The third kappa shape index (κ3) is 5.06. The summed E-state index contributed by atoms with van der Waals surface area (Å²) in [5.74, 6) is 0.407. The molecule has 0 amide bonds. The van der Waals surface area contributed by atoms with Gasteiger partial charge in [0.25, 0.3) is 0 Å². The van der Waals surface area contributed by atoms with Gasteiger partial charge in [-0.15, -0.1) is 0 Å². The molecular weight excluding hydrogens is 612 g/mol. The highest BCUT2D eigenvalue weighted by Gasteiger charge is 2.51. The van der Waals surface area contributed by atoms with E-state index in [4.69, 9.17) is 28.4 Å². The van der Waals surface area contributed by atoms with Crippen LogP contribution in [0.15, 0.2) is 48.5 Å². The SMILES string of the molecule is COc1cc(C2(CO)CCCC2)c2c(c1OC)O[C@H]1c3c(cc(O[C@@H]4O[C@H](C(=O)O)[C@@H](O)[C@H](O)[C@H]4O)cc3-c3ccccc3)OC[C@@H]21. The Bertz CT molecular complexity index is 1650. The van der Waals surface area contributed by atoms with Crippen molar-refractivity contribution < 1.29 is 58.7 Å². The van der Waals surface area contributed by atoms with Gasteiger partial charge in [-0.1, -0.05) is 43.2 Å². The van der Waals surface area contributed by atoms with Gasteiger partial charge >= 0.3 is 5.97 Å². The molecule has 5 N–H and O–H groups in total. The van der Waals surface area contributed by atoms with Gasteiger partial charge in [0.05, 0.1) is 33.4 Å². The third-order valence-corrected chi connectivity index (χ3v) is 10.0. The van der Waals surface area contributed by atoms with Crippen molar-refractivity contribution in [1.29, 1.82) is 0 Å². The van der Waals surface area contributed by atoms with E-state index in [1.165, 1.54) is 0 Å². The number of carboxylic acid groups (broad SMARTS) is 1. The van der Waals surface area contributed by atoms with Crippen molar-refractivity contribution in [3.63, 3.8) is 0 Å². The van der Waals surface area contributed by atoms with Gasteiger partial charge in [0.2, 0.25) is 12.0 Å². The molecule has 7 atom stereocenters. The minimum Gasteiger partial charge on any atom is -0.493 e. The average Bonchev–Trinajstić information content (AvgIpc) is 3.73. The molecule has 1 saturated carbocycles. The minimum atomic E-state index is -1.85. The first-order valence-electron chi connectivity index (χ1n) is 15.7. The first-order chi connectivity index (χ1) is 22.7. The van der Waals surface area contributed by atoms with Crippen LogP contribution in [0.2, 0.25) is 0 Å². The lowest BCUT2D eigenvalue weighted by molar-refractivity contribution is -0.271. The summed E-state index contributed by atoms with van der Waals surface area (Å²) in [6.07, 6.45) is -5.64. The third-order valence-electron chi connectivity index (χ3n) is 10.0. The van der Waals surface area contributed by atoms with Crippen LogP contribution in [0.4, 0.5) is 0 Å². The monoisotopic (exact) mass is 650 g/mol. The quantitative estimate of drug-likeness (QED) is 0.242. The summed E-state index contributed by atoms with van der Waals surface area (Å²) in [7, 11) is 3.14. The number of carboxylic acids is 1. The number of benzene rings is 3. The van der Waals surface area contributed by atoms with Crippen LogP contribution in [0.25, 0.3) is 11.1 Å². The van der Waals surface area contributed by atoms with Gasteiger partial charge in [0.1, 0.15) is 35.9 Å². The van der Waals surface area contributed by atoms with E-state index in [9.17, 15) is 30.3 Å². The van der Waals surface area contributed by atoms with Crippen molar-refractivity contribution in [2.24, 2.45) is 0 Å². The molecule has 250 valence electrons. The Morgan fingerprint density at radius 1 is 0.957 bits per heavy atom. The van der Waals surface area contributed by atoms with E-state index in [2.05, 4.69) is 0 Å². The van der Waals surface area contributed by atoms with Crippen LogP contribution in [0.3, 0.4) is 0 Å². The van der Waals surface area contributed by atoms with Crippen molar-refractivity contribution in [2.75, 3.05) is 27.4 Å². The molecule has 0 bridgehead atoms. The largest absolute Gasteiger partial charge is 0.493 e. The fraction of sp³-hybridized carbons (Fsp3) is 0.457. The number of aliphatic hydroxyl groups excluding tert-OH is 4. The van der Waals surface area contributed by atoms with Gasteiger partial charge in [0.15, 0.2) is 17.6 Å². The lowest BCUT2D eigenvalue weighted by atomic mass is 9.73. The van der Waals surface area contributed by atoms with Gasteiger partial charge in [-0.05, 0) is 41.7 Å². The number of hydrogen-bond donors (Lipinski definition) is 5. The fourth-order valence-electron chi connectivity index (χ4n) is 7.66. The minimum absolute atomic E-state index is 0.0106. The van der Waals surface area contributed by atoms with Gasteiger partial charge in [-0.2, -0.15) is 0 Å². The maximum absolute atomic E-state index is 11.7. The summed E-state index contributed by atoms with van der Waals surface area (Å²) < 4.78 is 36.2. The van der Waals surface area contributed by atoms with Gasteiger partial charge in [-0.25, -0.2) is 4.79 Å². The average molecular weight is 651 g/mol. The normalized spacial score (nSPS) is 28.7. The number of methoxy groups -OCH3 is 2. The van der Waals surface area contributed by atoms with Gasteiger partial charge < -0.3 is 54.0 Å². The highest BCUT2D eigenvalue weighted by molar-refractivity contribution is 5.76. The predicted octanol–water partition coefficient (Wildman–Crippen LogP) is 3.06. The molecule has 0 aromatic heterocycles. The van der Waals surface area contributed by atoms with Crippen LogP contribution < -0.4 is 23.7 Å². The molecule has 0 unspecified atom stereocenters. The number of aliphatic carboxylic acids is 1. The first-order valence-corrected chi connectivity index (χ1v) is 15.7. The van der Waals surface area contributed by atoms with Crippen molar-refractivity contribution >= 4 is 5.97 Å². The number of fused-ring (bicyclic) bond motifs is 5. The van der Waals surface area contributed by atoms with E-state index < -0.39 is 48.2 Å². The second kappa shape index (κ2) is 12.2. The molecule has 0 radical (unpaired) electrons. The van der Waals surface area contributed by atoms with Crippen molar-refractivity contribution in [3.8, 4) is 39.9 Å². The molecule has 1 saturated heterocycles. The lowest BCUT2D eigenvalue weighted by Crippen LogP contribution is -2.61. The van der Waals surface area contributed by atoms with E-state index in [1.54, 1.807) is 26.4 Å². The molecule has 3 aliphatic heterocycles. The summed E-state index contributed by atoms with van der Waals surface area (Å²) in [5.41, 5.74) is 3.72. The smallest absolute Gasteiger partial charge is 0.335 e. The van der Waals surface area contributed by atoms with Crippen LogP contribution in [0.1, 0.15) is 54.4 Å². The second-order valence-corrected chi connectivity index (χ2v) is 12.6. The highest BCUT2D eigenvalue weighted by atomic mass is 16.7. The first kappa shape index (κ1) is 31.5. The van der Waals surface area contributed by atoms with Crippen molar-refractivity contribution in [3.05, 3.63) is 65.2 Å². The van der Waals surface area contributed by atoms with E-state index in [-0.39, 0.29) is 24.9 Å². The second-order valence-electron chi connectivity index (χ2n) is 12.6. The van der Waals surface area contributed by atoms with Gasteiger partial charge in [0, 0.05) is 22.6 Å². The molecule has 12 heteroatoms. The molecule has 3 aromatic rings. The van der Waals surface area contributed by atoms with Crippen LogP contribution >= 0.6 is 0 Å². The Labute approximate surface area is 271 Å². The molecule has 7 rings (SSSR count). The summed E-state index contributed by atoms with van der Waals surface area (Å²) in [5, 5.41) is 51.3. The van der Waals surface area contributed by atoms with Crippen LogP contribution in [-0.4, -0.2) is 89.6 Å². The van der Waals surface area contributed by atoms with Crippen LogP contribution in [-0.2, 0) is 14.9 Å². The lowest BCUT2D eigenvalue weighted by Gasteiger charge is -2.38. The molecule has 3 aromatic carbocycles. The van der Waals surface area contributed by atoms with Crippen LogP contribution in [0, 0.1) is 0 Å². The highest BCUT2D eigenvalue weighted by Crippen LogP contribution is 2.62. The number of rotatable bonds is 8. The molecular formula is C35H38O12. The standard InChI is InChI=1S/C35H38O12/c1-42-23-14-21(35(16-36)10-6-7-11-35)24-20-15-44-22-13-18(45-34-28(39)26(37)27(38)32(47-34)33(40)41)12-19(17-8-4-3-5-9-17)25(22)29(20)46-31(24)30(23)43-2/h3-5,8-9,12-14,20,26-29,32,34,36-39H,6-7,10-11,15-16H2,1-2H3,(H,40,41)/t20-,26-,27-,28+,29+,32-,34+/m0/s1. The number of aliphatic hydroxyl groups is 4. The van der Waals surface area contributed by atoms with Gasteiger partial charge in [-0.3, -0.25) is 0 Å². The predicted molar refractivity (Wildman–Crippen MR) is 165 cm³/mol. The molecule has 12 nitrogen and oxygen atoms in total. The van der Waals surface area contributed by atoms with E-state index in [0.717, 1.165) is 47.9 Å².